The first-order valence-electron chi connectivity index (χ1n) is 7.51. The van der Waals surface area contributed by atoms with E-state index in [0.717, 1.165) is 32.0 Å². The summed E-state index contributed by atoms with van der Waals surface area (Å²) in [4.78, 5) is 20.8. The maximum Gasteiger partial charge on any atom is 0.324 e. The molecule has 8 heteroatoms. The summed E-state index contributed by atoms with van der Waals surface area (Å²) in [5.41, 5.74) is 0.626. The molecule has 1 aliphatic rings. The molecule has 0 radical (unpaired) electrons. The molecule has 0 bridgehead atoms. The monoisotopic (exact) mass is 316 g/mol. The zero-order chi connectivity index (χ0) is 16.2. The molecule has 1 saturated heterocycles. The predicted molar refractivity (Wildman–Crippen MR) is 87.8 cm³/mol. The van der Waals surface area contributed by atoms with Crippen molar-refractivity contribution in [1.82, 2.24) is 15.0 Å². The van der Waals surface area contributed by atoms with Crippen LogP contribution in [0.4, 0.5) is 22.1 Å². The molecule has 122 valence electrons. The zero-order valence-electron chi connectivity index (χ0n) is 13.2. The van der Waals surface area contributed by atoms with Crippen molar-refractivity contribution >= 4 is 23.4 Å². The van der Waals surface area contributed by atoms with Crippen molar-refractivity contribution in [1.29, 1.82) is 0 Å². The Morgan fingerprint density at radius 2 is 2.00 bits per heavy atom. The maximum absolute atomic E-state index is 11.9. The molecule has 8 nitrogen and oxygen atoms in total. The number of amides is 2. The number of aryl methyl sites for hydroxylation is 1. The molecule has 2 amide bonds. The van der Waals surface area contributed by atoms with E-state index in [0.29, 0.717) is 17.3 Å². The number of nitrogens with one attached hydrogen (secondary N) is 2. The molecule has 0 aromatic carbocycles. The number of rotatable bonds is 3. The molecular formula is C15H20N6O2. The Morgan fingerprint density at radius 3 is 2.61 bits per heavy atom. The van der Waals surface area contributed by atoms with Crippen LogP contribution >= 0.6 is 0 Å². The van der Waals surface area contributed by atoms with Crippen LogP contribution < -0.4 is 15.5 Å². The Hall–Kier alpha value is -2.61. The van der Waals surface area contributed by atoms with Gasteiger partial charge >= 0.3 is 6.03 Å². The van der Waals surface area contributed by atoms with Crippen LogP contribution in [0.3, 0.4) is 0 Å². The van der Waals surface area contributed by atoms with Gasteiger partial charge in [-0.1, -0.05) is 5.16 Å². The summed E-state index contributed by atoms with van der Waals surface area (Å²) in [6.07, 6.45) is 1.65. The maximum atomic E-state index is 11.9. The fourth-order valence-electron chi connectivity index (χ4n) is 2.39. The van der Waals surface area contributed by atoms with E-state index in [9.17, 15) is 4.79 Å². The van der Waals surface area contributed by atoms with E-state index < -0.39 is 0 Å². The van der Waals surface area contributed by atoms with Crippen LogP contribution in [-0.2, 0) is 0 Å². The zero-order valence-corrected chi connectivity index (χ0v) is 13.2. The first-order valence-corrected chi connectivity index (χ1v) is 7.51. The molecule has 3 rings (SSSR count). The number of anilines is 3. The van der Waals surface area contributed by atoms with Gasteiger partial charge in [0.15, 0.2) is 5.82 Å². The van der Waals surface area contributed by atoms with E-state index in [2.05, 4.69) is 37.6 Å². The Kier molecular flexibility index (Phi) is 4.42. The molecule has 0 aliphatic carbocycles. The highest BCUT2D eigenvalue weighted by Crippen LogP contribution is 2.16. The van der Waals surface area contributed by atoms with Crippen LogP contribution in [0.2, 0.25) is 0 Å². The summed E-state index contributed by atoms with van der Waals surface area (Å²) in [6, 6.07) is 5.02. The third-order valence-electron chi connectivity index (χ3n) is 3.70. The third-order valence-corrected chi connectivity index (χ3v) is 3.70. The lowest BCUT2D eigenvalue weighted by atomic mass is 10.3. The Balaban J connectivity index is 1.55. The largest absolute Gasteiger partial charge is 0.360 e. The topological polar surface area (TPSA) is 86.5 Å². The first kappa shape index (κ1) is 15.3. The van der Waals surface area contributed by atoms with E-state index in [1.54, 1.807) is 19.2 Å². The van der Waals surface area contributed by atoms with Gasteiger partial charge in [0.1, 0.15) is 11.6 Å². The number of carbonyl (C=O) groups is 1. The van der Waals surface area contributed by atoms with E-state index in [1.807, 2.05) is 12.1 Å². The van der Waals surface area contributed by atoms with Crippen molar-refractivity contribution < 1.29 is 9.32 Å². The summed E-state index contributed by atoms with van der Waals surface area (Å²) in [5.74, 6) is 1.94. The number of likely N-dealkylation sites (N-methyl/N-ethyl adjacent to an activating group) is 1. The summed E-state index contributed by atoms with van der Waals surface area (Å²) < 4.78 is 4.89. The molecule has 1 aliphatic heterocycles. The molecule has 0 unspecified atom stereocenters. The molecule has 0 atom stereocenters. The van der Waals surface area contributed by atoms with Crippen molar-refractivity contribution in [3.05, 3.63) is 30.2 Å². The Bertz CT molecular complexity index is 661. The molecule has 0 spiro atoms. The Labute approximate surface area is 134 Å². The highest BCUT2D eigenvalue weighted by molar-refractivity contribution is 5.99. The van der Waals surface area contributed by atoms with Crippen molar-refractivity contribution in [3.8, 4) is 0 Å². The number of hydrogen-bond acceptors (Lipinski definition) is 6. The van der Waals surface area contributed by atoms with E-state index in [1.165, 1.54) is 0 Å². The molecule has 3 heterocycles. The van der Waals surface area contributed by atoms with E-state index in [4.69, 9.17) is 4.52 Å². The van der Waals surface area contributed by atoms with Gasteiger partial charge in [0.2, 0.25) is 0 Å². The fraction of sp³-hybridized carbons (Fsp3) is 0.400. The van der Waals surface area contributed by atoms with Crippen LogP contribution in [0.1, 0.15) is 5.76 Å². The minimum absolute atomic E-state index is 0.377. The van der Waals surface area contributed by atoms with Crippen molar-refractivity contribution in [2.24, 2.45) is 0 Å². The number of carbonyl (C=O) groups excluding carboxylic acids is 1. The first-order chi connectivity index (χ1) is 11.1. The van der Waals surface area contributed by atoms with Gasteiger partial charge in [0, 0.05) is 32.2 Å². The number of nitrogens with zero attached hydrogens (tertiary/aromatic N) is 4. The number of aromatic nitrogens is 2. The SMILES string of the molecule is Cc1cc(NC(=O)Nc2ccc(N3CCN(C)CC3)nc2)no1. The summed E-state index contributed by atoms with van der Waals surface area (Å²) in [7, 11) is 2.12. The summed E-state index contributed by atoms with van der Waals surface area (Å²) in [6.45, 7) is 5.74. The molecule has 2 aromatic rings. The molecule has 1 fully saturated rings. The van der Waals surface area contributed by atoms with Gasteiger partial charge in [-0.2, -0.15) is 0 Å². The fourth-order valence-corrected chi connectivity index (χ4v) is 2.39. The van der Waals surface area contributed by atoms with Crippen LogP contribution in [0, 0.1) is 6.92 Å². The van der Waals surface area contributed by atoms with Gasteiger partial charge < -0.3 is 19.6 Å². The van der Waals surface area contributed by atoms with E-state index >= 15 is 0 Å². The van der Waals surface area contributed by atoms with Gasteiger partial charge in [-0.15, -0.1) is 0 Å². The average molecular weight is 316 g/mol. The highest BCUT2D eigenvalue weighted by Gasteiger charge is 2.15. The van der Waals surface area contributed by atoms with Crippen LogP contribution in [0.5, 0.6) is 0 Å². The second kappa shape index (κ2) is 6.66. The van der Waals surface area contributed by atoms with Crippen molar-refractivity contribution in [2.75, 3.05) is 48.8 Å². The minimum Gasteiger partial charge on any atom is -0.360 e. The number of urea groups is 1. The van der Waals surface area contributed by atoms with Crippen LogP contribution in [-0.4, -0.2) is 54.3 Å². The third kappa shape index (κ3) is 3.98. The smallest absolute Gasteiger partial charge is 0.324 e. The highest BCUT2D eigenvalue weighted by atomic mass is 16.5. The van der Waals surface area contributed by atoms with Crippen LogP contribution in [0.15, 0.2) is 28.9 Å². The minimum atomic E-state index is -0.382. The molecular weight excluding hydrogens is 296 g/mol. The van der Waals surface area contributed by atoms with E-state index in [-0.39, 0.29) is 6.03 Å². The Morgan fingerprint density at radius 1 is 1.22 bits per heavy atom. The van der Waals surface area contributed by atoms with Gasteiger partial charge in [-0.3, -0.25) is 5.32 Å². The number of pyridine rings is 1. The normalized spacial score (nSPS) is 15.5. The standard InChI is InChI=1S/C15H20N6O2/c1-11-9-13(19-23-11)18-15(22)17-12-3-4-14(16-10-12)21-7-5-20(2)6-8-21/h3-4,9-10H,5-8H2,1-2H3,(H2,17,18,19,22). The average Bonchev–Trinajstić information content (AvgIpc) is 2.94. The second-order valence-corrected chi connectivity index (χ2v) is 5.60. The number of piperazine rings is 1. The summed E-state index contributed by atoms with van der Waals surface area (Å²) >= 11 is 0. The van der Waals surface area contributed by atoms with Gasteiger partial charge in [0.05, 0.1) is 11.9 Å². The molecule has 0 saturated carbocycles. The van der Waals surface area contributed by atoms with Crippen molar-refractivity contribution in [3.63, 3.8) is 0 Å². The second-order valence-electron chi connectivity index (χ2n) is 5.60. The van der Waals surface area contributed by atoms with Gasteiger partial charge in [-0.25, -0.2) is 9.78 Å². The lowest BCUT2D eigenvalue weighted by Crippen LogP contribution is -2.44. The number of hydrogen-bond donors (Lipinski definition) is 2. The van der Waals surface area contributed by atoms with Crippen molar-refractivity contribution in [2.45, 2.75) is 6.92 Å². The quantitative estimate of drug-likeness (QED) is 0.897. The molecule has 2 N–H and O–H groups in total. The lowest BCUT2D eigenvalue weighted by molar-refractivity contribution is 0.262. The molecule has 2 aromatic heterocycles. The lowest BCUT2D eigenvalue weighted by Gasteiger charge is -2.33. The van der Waals surface area contributed by atoms with Gasteiger partial charge in [-0.05, 0) is 26.1 Å². The van der Waals surface area contributed by atoms with Crippen LogP contribution in [0.25, 0.3) is 0 Å². The van der Waals surface area contributed by atoms with Gasteiger partial charge in [0.25, 0.3) is 0 Å². The predicted octanol–water partition coefficient (Wildman–Crippen LogP) is 1.77. The summed E-state index contributed by atoms with van der Waals surface area (Å²) in [5, 5.41) is 9.02. The molecule has 23 heavy (non-hydrogen) atoms.